The Kier molecular flexibility index (Phi) is 3.73. The average Bonchev–Trinajstić information content (AvgIpc) is 2.48. The van der Waals surface area contributed by atoms with Crippen LogP contribution >= 0.6 is 0 Å². The maximum atomic E-state index is 11.0. The van der Waals surface area contributed by atoms with Crippen LogP contribution in [-0.4, -0.2) is 53.9 Å². The maximum Gasteiger partial charge on any atom is 0.236 e. The molecule has 0 bridgehead atoms. The summed E-state index contributed by atoms with van der Waals surface area (Å²) in [5.74, 6) is -1.42. The summed E-state index contributed by atoms with van der Waals surface area (Å²) >= 11 is 0. The Hall–Kier alpha value is -1.27. The van der Waals surface area contributed by atoms with E-state index in [1.54, 1.807) is 0 Å². The number of nitrogens with one attached hydrogen (secondary N) is 1. The van der Waals surface area contributed by atoms with E-state index in [1.165, 1.54) is 6.21 Å². The van der Waals surface area contributed by atoms with Crippen LogP contribution < -0.4 is 5.32 Å². The molecule has 0 saturated carbocycles. The zero-order valence-electron chi connectivity index (χ0n) is 7.51. The number of hydrogen-bond donors (Lipinski definition) is 3. The molecule has 0 aromatic heterocycles. The van der Waals surface area contributed by atoms with Gasteiger partial charge in [-0.3, -0.25) is 14.6 Å². The topological polar surface area (TPSA) is 99.0 Å². The van der Waals surface area contributed by atoms with Crippen molar-refractivity contribution in [1.29, 1.82) is 0 Å². The molecule has 0 radical (unpaired) electrons. The first-order chi connectivity index (χ1) is 6.65. The van der Waals surface area contributed by atoms with Crippen LogP contribution in [-0.2, 0) is 9.59 Å². The summed E-state index contributed by atoms with van der Waals surface area (Å²) in [5, 5.41) is 19.8. The third kappa shape index (κ3) is 2.61. The molecule has 78 valence electrons. The highest BCUT2D eigenvalue weighted by Gasteiger charge is 2.30. The van der Waals surface area contributed by atoms with E-state index in [4.69, 9.17) is 10.2 Å². The number of nitrogens with zero attached hydrogens (tertiary/aromatic N) is 1. The number of aliphatic hydroxyl groups excluding tert-OH is 2. The number of amides is 1. The zero-order chi connectivity index (χ0) is 10.6. The van der Waals surface area contributed by atoms with Crippen molar-refractivity contribution < 1.29 is 19.8 Å². The fraction of sp³-hybridized carbons (Fsp3) is 0.625. The quantitative estimate of drug-likeness (QED) is 0.352. The fourth-order valence-electron chi connectivity index (χ4n) is 1.04. The van der Waals surface area contributed by atoms with Crippen LogP contribution in [0.1, 0.15) is 0 Å². The second kappa shape index (κ2) is 4.83. The minimum atomic E-state index is -0.939. The van der Waals surface area contributed by atoms with Crippen LogP contribution in [0.3, 0.4) is 0 Å². The van der Waals surface area contributed by atoms with Gasteiger partial charge in [0.2, 0.25) is 5.91 Å². The van der Waals surface area contributed by atoms with E-state index in [0.717, 1.165) is 0 Å². The molecule has 6 nitrogen and oxygen atoms in total. The van der Waals surface area contributed by atoms with Gasteiger partial charge in [0.1, 0.15) is 5.92 Å². The molecule has 1 heterocycles. The van der Waals surface area contributed by atoms with Gasteiger partial charge in [0, 0.05) is 6.21 Å². The lowest BCUT2D eigenvalue weighted by Crippen LogP contribution is -2.22. The number of rotatable bonds is 4. The zero-order valence-corrected chi connectivity index (χ0v) is 7.51. The number of hydrogen-bond acceptors (Lipinski definition) is 5. The monoisotopic (exact) mass is 200 g/mol. The molecule has 1 rings (SSSR count). The predicted molar refractivity (Wildman–Crippen MR) is 48.0 cm³/mol. The van der Waals surface area contributed by atoms with Gasteiger partial charge in [-0.1, -0.05) is 0 Å². The number of carbonyl (C=O) groups excluding carboxylic acids is 2. The Morgan fingerprint density at radius 3 is 2.86 bits per heavy atom. The summed E-state index contributed by atoms with van der Waals surface area (Å²) in [5.41, 5.74) is 0. The van der Waals surface area contributed by atoms with Crippen LogP contribution in [0.2, 0.25) is 0 Å². The van der Waals surface area contributed by atoms with Gasteiger partial charge >= 0.3 is 0 Å². The Balaban J connectivity index is 2.43. The van der Waals surface area contributed by atoms with Crippen molar-refractivity contribution >= 4 is 17.9 Å². The van der Waals surface area contributed by atoms with E-state index in [9.17, 15) is 9.59 Å². The minimum Gasteiger partial charge on any atom is -0.394 e. The summed E-state index contributed by atoms with van der Waals surface area (Å²) in [6.07, 6.45) is 0.273. The number of Topliss-reactive ketones (excluding diaryl/α,β-unsaturated/α-hetero) is 1. The Morgan fingerprint density at radius 1 is 1.64 bits per heavy atom. The van der Waals surface area contributed by atoms with Gasteiger partial charge in [-0.25, -0.2) is 0 Å². The molecule has 1 fully saturated rings. The second-order valence-corrected chi connectivity index (χ2v) is 3.01. The molecule has 0 aromatic carbocycles. The first kappa shape index (κ1) is 10.8. The molecule has 14 heavy (non-hydrogen) atoms. The molecule has 1 aliphatic rings. The molecule has 3 N–H and O–H groups in total. The van der Waals surface area contributed by atoms with Crippen LogP contribution in [0.15, 0.2) is 4.99 Å². The van der Waals surface area contributed by atoms with Crippen LogP contribution in [0, 0.1) is 5.92 Å². The molecular formula is C8H12N2O4. The normalized spacial score (nSPS) is 24.3. The average molecular weight is 200 g/mol. The number of aliphatic imine (C=N–C) groups is 1. The number of aliphatic hydroxyl groups is 2. The van der Waals surface area contributed by atoms with E-state index >= 15 is 0 Å². The first-order valence-electron chi connectivity index (χ1n) is 4.24. The minimum absolute atomic E-state index is 0.00639. The van der Waals surface area contributed by atoms with Crippen LogP contribution in [0.5, 0.6) is 0 Å². The summed E-state index contributed by atoms with van der Waals surface area (Å²) in [4.78, 5) is 25.7. The highest BCUT2D eigenvalue weighted by atomic mass is 16.3. The molecule has 6 heteroatoms. The summed E-state index contributed by atoms with van der Waals surface area (Å²) in [7, 11) is 0. The van der Waals surface area contributed by atoms with Crippen molar-refractivity contribution in [3.8, 4) is 0 Å². The second-order valence-electron chi connectivity index (χ2n) is 3.01. The highest BCUT2D eigenvalue weighted by molar-refractivity contribution is 6.18. The molecule has 0 spiro atoms. The lowest BCUT2D eigenvalue weighted by molar-refractivity contribution is -0.124. The summed E-state index contributed by atoms with van der Waals surface area (Å²) in [6, 6.07) is 0. The maximum absolute atomic E-state index is 11.0. The van der Waals surface area contributed by atoms with Gasteiger partial charge in [0.15, 0.2) is 5.78 Å². The molecule has 0 unspecified atom stereocenters. The van der Waals surface area contributed by atoms with Crippen molar-refractivity contribution in [3.05, 3.63) is 0 Å². The van der Waals surface area contributed by atoms with E-state index in [-0.39, 0.29) is 31.4 Å². The smallest absolute Gasteiger partial charge is 0.236 e. The molecule has 0 aromatic rings. The van der Waals surface area contributed by atoms with Crippen molar-refractivity contribution in [2.24, 2.45) is 10.9 Å². The van der Waals surface area contributed by atoms with Crippen molar-refractivity contribution in [3.63, 3.8) is 0 Å². The number of carbonyl (C=O) groups is 2. The van der Waals surface area contributed by atoms with Gasteiger partial charge in [0.05, 0.1) is 25.8 Å². The lowest BCUT2D eigenvalue weighted by atomic mass is 10.1. The molecule has 0 aliphatic carbocycles. The van der Waals surface area contributed by atoms with Gasteiger partial charge in [0.25, 0.3) is 0 Å². The van der Waals surface area contributed by atoms with E-state index < -0.39 is 12.0 Å². The lowest BCUT2D eigenvalue weighted by Gasteiger charge is -2.01. The van der Waals surface area contributed by atoms with Crippen molar-refractivity contribution in [1.82, 2.24) is 5.32 Å². The third-order valence-electron chi connectivity index (χ3n) is 1.85. The molecule has 1 amide bonds. The number of ketones is 1. The third-order valence-corrected chi connectivity index (χ3v) is 1.85. The SMILES string of the molecule is O=C1CNC(=O)[C@H]1C=NC[C@H](O)CO. The predicted octanol–water partition coefficient (Wildman–Crippen LogP) is -2.27. The van der Waals surface area contributed by atoms with Gasteiger partial charge in [-0.15, -0.1) is 0 Å². The van der Waals surface area contributed by atoms with Crippen LogP contribution in [0.25, 0.3) is 0 Å². The van der Waals surface area contributed by atoms with Gasteiger partial charge in [-0.05, 0) is 0 Å². The van der Waals surface area contributed by atoms with Gasteiger partial charge in [-0.2, -0.15) is 0 Å². The Bertz CT molecular complexity index is 248. The molecule has 1 aliphatic heterocycles. The summed E-state index contributed by atoms with van der Waals surface area (Å²) < 4.78 is 0. The van der Waals surface area contributed by atoms with E-state index in [0.29, 0.717) is 0 Å². The van der Waals surface area contributed by atoms with E-state index in [2.05, 4.69) is 10.3 Å². The van der Waals surface area contributed by atoms with Crippen LogP contribution in [0.4, 0.5) is 0 Å². The van der Waals surface area contributed by atoms with Crippen molar-refractivity contribution in [2.75, 3.05) is 19.7 Å². The summed E-state index contributed by atoms with van der Waals surface area (Å²) in [6.45, 7) is -0.353. The Morgan fingerprint density at radius 2 is 2.36 bits per heavy atom. The standard InChI is InChI=1S/C8H12N2O4/c11-4-5(12)1-9-2-6-7(13)3-10-8(6)14/h2,5-6,11-12H,1,3-4H2,(H,10,14)/t5-,6-/m0/s1. The first-order valence-corrected chi connectivity index (χ1v) is 4.24. The molecule has 1 saturated heterocycles. The largest absolute Gasteiger partial charge is 0.394 e. The Labute approximate surface area is 80.6 Å². The highest BCUT2D eigenvalue weighted by Crippen LogP contribution is 2.02. The van der Waals surface area contributed by atoms with E-state index in [1.807, 2.05) is 0 Å². The van der Waals surface area contributed by atoms with Crippen molar-refractivity contribution in [2.45, 2.75) is 6.10 Å². The van der Waals surface area contributed by atoms with Gasteiger partial charge < -0.3 is 15.5 Å². The fourth-order valence-corrected chi connectivity index (χ4v) is 1.04. The molecule has 2 atom stereocenters. The molecular weight excluding hydrogens is 188 g/mol.